The first-order valence-corrected chi connectivity index (χ1v) is 3.20. The van der Waals surface area contributed by atoms with Crippen LogP contribution in [0.1, 0.15) is 0 Å². The Kier molecular flexibility index (Phi) is 2.02. The van der Waals surface area contributed by atoms with Crippen molar-refractivity contribution in [3.63, 3.8) is 0 Å². The zero-order chi connectivity index (χ0) is 7.72. The number of halogens is 3. The van der Waals surface area contributed by atoms with E-state index >= 15 is 0 Å². The predicted octanol–water partition coefficient (Wildman–Crippen LogP) is 2.84. The lowest BCUT2D eigenvalue weighted by molar-refractivity contribution is 0.432. The van der Waals surface area contributed by atoms with Crippen molar-refractivity contribution in [1.29, 1.82) is 0 Å². The van der Waals surface area contributed by atoms with Crippen molar-refractivity contribution in [3.05, 3.63) is 28.0 Å². The molecule has 0 unspecified atom stereocenters. The molecule has 0 aliphatic rings. The molecule has 10 heavy (non-hydrogen) atoms. The van der Waals surface area contributed by atoms with E-state index in [2.05, 4.69) is 0 Å². The highest BCUT2D eigenvalue weighted by molar-refractivity contribution is 6.42. The van der Waals surface area contributed by atoms with E-state index in [1.807, 2.05) is 0 Å². The van der Waals surface area contributed by atoms with E-state index in [0.29, 0.717) is 0 Å². The molecule has 0 bridgehead atoms. The summed E-state index contributed by atoms with van der Waals surface area (Å²) in [6.07, 6.45) is 0. The van der Waals surface area contributed by atoms with E-state index in [1.165, 1.54) is 0 Å². The van der Waals surface area contributed by atoms with Gasteiger partial charge in [-0.1, -0.05) is 23.2 Å². The molecule has 0 heterocycles. The SMILES string of the molecule is Oc1cc(Cl)c(Cl)cc1F. The summed E-state index contributed by atoms with van der Waals surface area (Å²) in [6, 6.07) is 2.01. The molecular formula is C6H3Cl2FO. The van der Waals surface area contributed by atoms with Gasteiger partial charge in [-0.25, -0.2) is 4.39 Å². The molecule has 0 aliphatic carbocycles. The van der Waals surface area contributed by atoms with E-state index in [9.17, 15) is 4.39 Å². The summed E-state index contributed by atoms with van der Waals surface area (Å²) in [6.45, 7) is 0. The lowest BCUT2D eigenvalue weighted by Crippen LogP contribution is -1.76. The third-order valence-electron chi connectivity index (χ3n) is 0.990. The van der Waals surface area contributed by atoms with Gasteiger partial charge in [0, 0.05) is 6.07 Å². The van der Waals surface area contributed by atoms with Crippen molar-refractivity contribution >= 4 is 23.2 Å². The smallest absolute Gasteiger partial charge is 0.166 e. The molecule has 0 spiro atoms. The van der Waals surface area contributed by atoms with Crippen LogP contribution in [0.5, 0.6) is 5.75 Å². The largest absolute Gasteiger partial charge is 0.505 e. The fourth-order valence-electron chi connectivity index (χ4n) is 0.512. The first-order valence-electron chi connectivity index (χ1n) is 2.45. The topological polar surface area (TPSA) is 20.2 Å². The van der Waals surface area contributed by atoms with Crippen LogP contribution >= 0.6 is 23.2 Å². The zero-order valence-electron chi connectivity index (χ0n) is 4.74. The van der Waals surface area contributed by atoms with Crippen LogP contribution in [0.25, 0.3) is 0 Å². The molecule has 0 radical (unpaired) electrons. The Balaban J connectivity index is 3.28. The Morgan fingerprint density at radius 2 is 1.70 bits per heavy atom. The van der Waals surface area contributed by atoms with Crippen LogP contribution in [-0.4, -0.2) is 5.11 Å². The van der Waals surface area contributed by atoms with Crippen molar-refractivity contribution in [2.45, 2.75) is 0 Å². The maximum absolute atomic E-state index is 12.4. The summed E-state index contributed by atoms with van der Waals surface area (Å²) < 4.78 is 12.4. The van der Waals surface area contributed by atoms with E-state index in [0.717, 1.165) is 12.1 Å². The number of phenolic OH excluding ortho intramolecular Hbond substituents is 1. The zero-order valence-corrected chi connectivity index (χ0v) is 6.25. The van der Waals surface area contributed by atoms with Gasteiger partial charge in [0.15, 0.2) is 11.6 Å². The Labute approximate surface area is 67.0 Å². The van der Waals surface area contributed by atoms with Crippen molar-refractivity contribution in [2.75, 3.05) is 0 Å². The molecule has 1 nitrogen and oxygen atoms in total. The molecule has 4 heteroatoms. The van der Waals surface area contributed by atoms with E-state index in [4.69, 9.17) is 28.3 Å². The molecule has 1 rings (SSSR count). The number of hydrogen-bond donors (Lipinski definition) is 1. The van der Waals surface area contributed by atoms with Gasteiger partial charge in [-0.15, -0.1) is 0 Å². The second kappa shape index (κ2) is 2.64. The monoisotopic (exact) mass is 180 g/mol. The number of hydrogen-bond acceptors (Lipinski definition) is 1. The first kappa shape index (κ1) is 7.63. The number of aromatic hydroxyl groups is 1. The molecule has 1 aromatic carbocycles. The van der Waals surface area contributed by atoms with Crippen LogP contribution in [0.2, 0.25) is 10.0 Å². The van der Waals surface area contributed by atoms with Gasteiger partial charge in [0.25, 0.3) is 0 Å². The standard InChI is InChI=1S/C6H3Cl2FO/c7-3-1-5(9)6(10)2-4(3)8/h1-2,10H. The van der Waals surface area contributed by atoms with Crippen LogP contribution in [-0.2, 0) is 0 Å². The molecule has 54 valence electrons. The quantitative estimate of drug-likeness (QED) is 0.610. The first-order chi connectivity index (χ1) is 4.61. The minimum absolute atomic E-state index is 0.0944. The highest BCUT2D eigenvalue weighted by atomic mass is 35.5. The van der Waals surface area contributed by atoms with E-state index < -0.39 is 11.6 Å². The van der Waals surface area contributed by atoms with Crippen LogP contribution in [0, 0.1) is 5.82 Å². The van der Waals surface area contributed by atoms with Gasteiger partial charge in [-0.2, -0.15) is 0 Å². The lowest BCUT2D eigenvalue weighted by atomic mass is 10.3. The third-order valence-corrected chi connectivity index (χ3v) is 1.71. The maximum atomic E-state index is 12.4. The molecule has 0 saturated carbocycles. The molecule has 0 aromatic heterocycles. The fourth-order valence-corrected chi connectivity index (χ4v) is 0.820. The van der Waals surface area contributed by atoms with Crippen LogP contribution in [0.3, 0.4) is 0 Å². The Bertz CT molecular complexity index is 212. The number of benzene rings is 1. The Morgan fingerprint density at radius 3 is 2.20 bits per heavy atom. The molecule has 0 saturated heterocycles. The third kappa shape index (κ3) is 1.33. The molecule has 0 atom stereocenters. The van der Waals surface area contributed by atoms with Gasteiger partial charge in [0.2, 0.25) is 0 Å². The van der Waals surface area contributed by atoms with Gasteiger partial charge >= 0.3 is 0 Å². The Hall–Kier alpha value is -0.470. The van der Waals surface area contributed by atoms with Gasteiger partial charge in [0.1, 0.15) is 0 Å². The highest BCUT2D eigenvalue weighted by Crippen LogP contribution is 2.28. The van der Waals surface area contributed by atoms with Gasteiger partial charge in [-0.05, 0) is 6.07 Å². The summed E-state index contributed by atoms with van der Waals surface area (Å²) in [5, 5.41) is 8.94. The average Bonchev–Trinajstić information content (AvgIpc) is 1.84. The number of rotatable bonds is 0. The molecule has 1 N–H and O–H groups in total. The number of phenols is 1. The summed E-state index contributed by atoms with van der Waals surface area (Å²) in [4.78, 5) is 0. The maximum Gasteiger partial charge on any atom is 0.166 e. The molecular weight excluding hydrogens is 178 g/mol. The minimum Gasteiger partial charge on any atom is -0.505 e. The Morgan fingerprint density at radius 1 is 1.20 bits per heavy atom. The summed E-state index contributed by atoms with van der Waals surface area (Å²) in [5.74, 6) is -1.26. The van der Waals surface area contributed by atoms with Crippen LogP contribution in [0.15, 0.2) is 12.1 Å². The van der Waals surface area contributed by atoms with Crippen molar-refractivity contribution in [2.24, 2.45) is 0 Å². The molecule has 1 aromatic rings. The second-order valence-corrected chi connectivity index (χ2v) is 2.53. The average molecular weight is 181 g/mol. The predicted molar refractivity (Wildman–Crippen MR) is 38.1 cm³/mol. The molecule has 0 aliphatic heterocycles. The minimum atomic E-state index is -0.769. The van der Waals surface area contributed by atoms with Gasteiger partial charge in [0.05, 0.1) is 10.0 Å². The lowest BCUT2D eigenvalue weighted by Gasteiger charge is -1.96. The van der Waals surface area contributed by atoms with E-state index in [-0.39, 0.29) is 10.0 Å². The highest BCUT2D eigenvalue weighted by Gasteiger charge is 2.04. The van der Waals surface area contributed by atoms with Crippen molar-refractivity contribution in [3.8, 4) is 5.75 Å². The molecule has 0 fully saturated rings. The summed E-state index contributed by atoms with van der Waals surface area (Å²) in [5.41, 5.74) is 0. The summed E-state index contributed by atoms with van der Waals surface area (Å²) >= 11 is 10.8. The summed E-state index contributed by atoms with van der Waals surface area (Å²) in [7, 11) is 0. The van der Waals surface area contributed by atoms with Gasteiger partial charge in [-0.3, -0.25) is 0 Å². The van der Waals surface area contributed by atoms with Crippen molar-refractivity contribution < 1.29 is 9.50 Å². The molecule has 0 amide bonds. The van der Waals surface area contributed by atoms with Crippen molar-refractivity contribution in [1.82, 2.24) is 0 Å². The fraction of sp³-hybridized carbons (Fsp3) is 0. The van der Waals surface area contributed by atoms with E-state index in [1.54, 1.807) is 0 Å². The van der Waals surface area contributed by atoms with Crippen LogP contribution < -0.4 is 0 Å². The normalized spacial score (nSPS) is 9.90. The van der Waals surface area contributed by atoms with Crippen LogP contribution in [0.4, 0.5) is 4.39 Å². The van der Waals surface area contributed by atoms with Gasteiger partial charge < -0.3 is 5.11 Å². The second-order valence-electron chi connectivity index (χ2n) is 1.72.